The molecule has 4 heterocycles. The van der Waals surface area contributed by atoms with Gasteiger partial charge in [-0.25, -0.2) is 39.8 Å². The van der Waals surface area contributed by atoms with Crippen LogP contribution in [0.3, 0.4) is 0 Å². The van der Waals surface area contributed by atoms with Gasteiger partial charge in [-0.2, -0.15) is 0 Å². The summed E-state index contributed by atoms with van der Waals surface area (Å²) >= 11 is 30.6. The van der Waals surface area contributed by atoms with Gasteiger partial charge >= 0.3 is 41.5 Å². The minimum absolute atomic E-state index is 0. The van der Waals surface area contributed by atoms with Crippen molar-refractivity contribution in [3.05, 3.63) is 171 Å². The summed E-state index contributed by atoms with van der Waals surface area (Å²) in [5.74, 6) is -0.707. The van der Waals surface area contributed by atoms with Crippen molar-refractivity contribution in [1.82, 2.24) is 20.4 Å². The van der Waals surface area contributed by atoms with E-state index in [1.165, 1.54) is 14.2 Å². The Morgan fingerprint density at radius 3 is 1.43 bits per heavy atom. The number of halogens is 7. The second kappa shape index (κ2) is 42.1. The first-order valence-corrected chi connectivity index (χ1v) is 28.2. The van der Waals surface area contributed by atoms with Crippen molar-refractivity contribution in [3.63, 3.8) is 0 Å². The Kier molecular flexibility index (Phi) is 39.2. The number of hydrogen-bond acceptors (Lipinski definition) is 21. The van der Waals surface area contributed by atoms with Gasteiger partial charge in [-0.1, -0.05) is 73.2 Å². The second-order valence-corrected chi connectivity index (χ2v) is 21.4. The number of oxime groups is 2. The van der Waals surface area contributed by atoms with Crippen LogP contribution in [-0.4, -0.2) is 114 Å². The van der Waals surface area contributed by atoms with E-state index in [0.29, 0.717) is 75.7 Å². The molecule has 3 aromatic heterocycles. The van der Waals surface area contributed by atoms with Crippen LogP contribution in [0.5, 0.6) is 17.6 Å². The number of rotatable bonds is 13. The van der Waals surface area contributed by atoms with Crippen molar-refractivity contribution in [3.8, 4) is 17.6 Å². The maximum Gasteiger partial charge on any atom is 1.00 e. The maximum absolute atomic E-state index is 12.2. The third-order valence-corrected chi connectivity index (χ3v) is 12.7. The van der Waals surface area contributed by atoms with E-state index in [0.717, 1.165) is 30.8 Å². The number of carboxylic acids is 1. The SMILES string of the molecule is CC(=O)OOC(C)=O.CC(=O)[O-].CC(Br)C(=O)c1ccc(Cl)cc1.COc1nc(/C(N)=N/O)ccc1Br.COc1nc(/C(N)=N/OC(C)C(=O)c2ccc(Cl)cc2)ccc1Br.COc1nc(C2=N[C@@H](c3ccc(Cl)cc3)[C@@H](C)ON2)ccc1Br.[B].[Na+]. The predicted molar refractivity (Wildman–Crippen MR) is 334 cm³/mol. The van der Waals surface area contributed by atoms with Crippen molar-refractivity contribution >= 4 is 154 Å². The molecule has 7 rings (SSSR count). The van der Waals surface area contributed by atoms with Crippen LogP contribution in [-0.2, 0) is 33.8 Å². The normalized spacial score (nSPS) is 13.5. The largest absolute Gasteiger partial charge is 1.00 e. The van der Waals surface area contributed by atoms with Crippen LogP contribution >= 0.6 is 98.5 Å². The van der Waals surface area contributed by atoms with Gasteiger partial charge in [-0.3, -0.25) is 19.4 Å². The van der Waals surface area contributed by atoms with Gasteiger partial charge in [0.05, 0.1) is 39.6 Å². The number of nitrogens with one attached hydrogen (secondary N) is 1. The molecule has 3 radical (unpaired) electrons. The Morgan fingerprint density at radius 2 is 1.03 bits per heavy atom. The number of amidine groups is 3. The summed E-state index contributed by atoms with van der Waals surface area (Å²) in [6.45, 7) is 8.61. The van der Waals surface area contributed by atoms with E-state index in [2.05, 4.69) is 104 Å². The van der Waals surface area contributed by atoms with Crippen molar-refractivity contribution in [2.24, 2.45) is 26.8 Å². The molecule has 1 aliphatic heterocycles. The molecular formula is C54H55BBr4Cl3N9NaO14. The zero-order valence-corrected chi connectivity index (χ0v) is 58.1. The first-order valence-electron chi connectivity index (χ1n) is 23.8. The van der Waals surface area contributed by atoms with Crippen molar-refractivity contribution in [1.29, 1.82) is 0 Å². The molecule has 0 fully saturated rings. The zero-order chi connectivity index (χ0) is 63.2. The number of pyridine rings is 3. The number of methoxy groups -OCH3 is 3. The van der Waals surface area contributed by atoms with E-state index in [1.807, 2.05) is 43.3 Å². The molecule has 1 aliphatic rings. The van der Waals surface area contributed by atoms with Gasteiger partial charge in [0.15, 0.2) is 29.4 Å². The van der Waals surface area contributed by atoms with Crippen molar-refractivity contribution in [2.75, 3.05) is 21.3 Å². The number of ketones is 2. The average Bonchev–Trinajstić information content (AvgIpc) is 1.78. The van der Waals surface area contributed by atoms with E-state index >= 15 is 0 Å². The molecule has 23 nitrogen and oxygen atoms in total. The molecule has 6 N–H and O–H groups in total. The van der Waals surface area contributed by atoms with Gasteiger partial charge in [-0.05, 0) is 178 Å². The molecule has 6 aromatic rings. The number of carbonyl (C=O) groups is 5. The number of alkyl halides is 1. The minimum Gasteiger partial charge on any atom is -0.550 e. The smallest absolute Gasteiger partial charge is 0.550 e. The average molecular weight is 1510 g/mol. The van der Waals surface area contributed by atoms with Crippen LogP contribution in [0.4, 0.5) is 0 Å². The van der Waals surface area contributed by atoms with Crippen molar-refractivity contribution in [2.45, 2.75) is 64.6 Å². The van der Waals surface area contributed by atoms with E-state index in [-0.39, 0.29) is 78.2 Å². The number of hydroxylamine groups is 1. The van der Waals surface area contributed by atoms with Crippen LogP contribution in [0.1, 0.15) is 90.9 Å². The number of benzene rings is 3. The minimum atomic E-state index is -1.08. The number of carbonyl (C=O) groups excluding carboxylic acids is 5. The maximum atomic E-state index is 12.2. The molecule has 0 bridgehead atoms. The fourth-order valence-corrected chi connectivity index (χ4v) is 7.61. The molecule has 4 atom stereocenters. The summed E-state index contributed by atoms with van der Waals surface area (Å²) in [4.78, 5) is 87.8. The number of nitrogens with zero attached hydrogens (tertiary/aromatic N) is 6. The van der Waals surface area contributed by atoms with Crippen LogP contribution in [0, 0.1) is 0 Å². The van der Waals surface area contributed by atoms with Crippen LogP contribution < -0.4 is 65.8 Å². The Morgan fingerprint density at radius 1 is 0.651 bits per heavy atom. The Labute approximate surface area is 568 Å². The molecule has 86 heavy (non-hydrogen) atoms. The first kappa shape index (κ1) is 80.1. The van der Waals surface area contributed by atoms with Gasteiger partial charge in [0.1, 0.15) is 29.2 Å². The Balaban J connectivity index is 0.00000108. The standard InChI is InChI=1S/C16H15BrClN3O3.C16H15BrClN3O2.C9H8BrClO.C7H8BrN3O2.C4H6O4.C2H4O2.B.Na/c1-9(14(22)10-3-5-11(18)6-4-10)24-21-15(19)13-8-7-12(17)16(20-13)23-2;1-9-14(10-3-5-11(18)6-4-10)20-15(21-23-9)13-8-7-12(17)16(19-13)22-2;1-6(10)9(12)7-2-4-8(11)5-3-7;1-13-7-4(8)2-3-5(10-7)6(9)11-12;1-3(5)7-8-4(2)6;1-2(3)4;;/h3-9H,1-2H3,(H2,19,21);3-9,14H,1-2H3,(H,20,21);2-6H,1H3;2-3,12H,1H3,(H2,9,11);1-2H3;1H3,(H,3,4);;/q;;;;;;;+1/p-1/t;9-,14-;;;;;;/m.1....../s1. The fourth-order valence-electron chi connectivity index (χ4n) is 5.82. The molecule has 0 saturated carbocycles. The summed E-state index contributed by atoms with van der Waals surface area (Å²) in [7, 11) is 4.55. The number of ether oxygens (including phenoxy) is 3. The van der Waals surface area contributed by atoms with E-state index < -0.39 is 24.0 Å². The summed E-state index contributed by atoms with van der Waals surface area (Å²) < 4.78 is 17.4. The molecular weight excluding hydrogens is 1460 g/mol. The first-order chi connectivity index (χ1) is 39.6. The molecule has 0 amide bonds. The third kappa shape index (κ3) is 29.2. The zero-order valence-electron chi connectivity index (χ0n) is 47.5. The van der Waals surface area contributed by atoms with Gasteiger partial charge in [0.2, 0.25) is 23.4 Å². The number of aliphatic carboxylic acids is 1. The molecule has 2 unspecified atom stereocenters. The quantitative estimate of drug-likeness (QED) is 0.0132. The van der Waals surface area contributed by atoms with E-state index in [9.17, 15) is 19.2 Å². The topological polar surface area (TPSA) is 333 Å². The van der Waals surface area contributed by atoms with Gasteiger partial charge in [0, 0.05) is 54.4 Å². The molecule has 0 aliphatic carbocycles. The fraction of sp³-hybridized carbons (Fsp3) is 0.241. The number of aromatic nitrogens is 3. The second-order valence-electron chi connectivity index (χ2n) is 16.2. The number of hydrogen-bond donors (Lipinski definition) is 4. The van der Waals surface area contributed by atoms with E-state index in [4.69, 9.17) is 90.3 Å². The summed E-state index contributed by atoms with van der Waals surface area (Å²) in [6, 6.07) is 31.3. The van der Waals surface area contributed by atoms with Gasteiger partial charge in [-0.15, -0.1) is 0 Å². The molecule has 32 heteroatoms. The monoisotopic (exact) mass is 1510 g/mol. The summed E-state index contributed by atoms with van der Waals surface area (Å²) in [5, 5.41) is 25.8. The molecule has 453 valence electrons. The van der Waals surface area contributed by atoms with Crippen LogP contribution in [0.25, 0.3) is 0 Å². The molecule has 0 spiro atoms. The van der Waals surface area contributed by atoms with Gasteiger partial charge < -0.3 is 45.6 Å². The number of Topliss-reactive ketones (excluding diaryl/α,β-unsaturated/α-hetero) is 2. The molecule has 0 saturated heterocycles. The van der Waals surface area contributed by atoms with Crippen molar-refractivity contribution < 1.29 is 97.5 Å². The summed E-state index contributed by atoms with van der Waals surface area (Å²) in [5.41, 5.74) is 17.6. The predicted octanol–water partition coefficient (Wildman–Crippen LogP) is 6.99. The van der Waals surface area contributed by atoms with Gasteiger partial charge in [0.25, 0.3) is 0 Å². The Hall–Kier alpha value is -5.92. The summed E-state index contributed by atoms with van der Waals surface area (Å²) in [6.07, 6.45) is -0.917. The van der Waals surface area contributed by atoms with Crippen LogP contribution in [0.2, 0.25) is 15.1 Å². The number of nitrogens with two attached hydrogens (primary N) is 2. The third-order valence-electron chi connectivity index (χ3n) is 9.74. The number of carboxylic acid groups (broad SMARTS) is 1. The van der Waals surface area contributed by atoms with E-state index in [1.54, 1.807) is 93.8 Å². The number of aliphatic imine (C=N–C) groups is 1. The molecule has 3 aromatic carbocycles. The Bertz CT molecular complexity index is 3240. The van der Waals surface area contributed by atoms with Crippen LogP contribution in [0.15, 0.2) is 138 Å².